The van der Waals surface area contributed by atoms with Crippen LogP contribution in [0.2, 0.25) is 10.0 Å². The van der Waals surface area contributed by atoms with E-state index in [0.717, 1.165) is 17.5 Å². The predicted octanol–water partition coefficient (Wildman–Crippen LogP) is 5.56. The van der Waals surface area contributed by atoms with Crippen LogP contribution in [0.5, 0.6) is 0 Å². The van der Waals surface area contributed by atoms with Gasteiger partial charge in [0.05, 0.1) is 5.75 Å². The van der Waals surface area contributed by atoms with Gasteiger partial charge in [-0.3, -0.25) is 9.59 Å². The van der Waals surface area contributed by atoms with Gasteiger partial charge in [0, 0.05) is 28.4 Å². The average molecular weight is 467 g/mol. The van der Waals surface area contributed by atoms with E-state index in [1.54, 1.807) is 24.0 Å². The van der Waals surface area contributed by atoms with Crippen molar-refractivity contribution in [3.05, 3.63) is 69.7 Å². The Morgan fingerprint density at radius 2 is 1.73 bits per heavy atom. The van der Waals surface area contributed by atoms with Crippen molar-refractivity contribution < 1.29 is 9.59 Å². The third-order valence-electron chi connectivity index (χ3n) is 4.88. The predicted molar refractivity (Wildman–Crippen MR) is 127 cm³/mol. The maximum Gasteiger partial charge on any atom is 0.242 e. The number of benzene rings is 2. The highest BCUT2D eigenvalue weighted by Gasteiger charge is 2.26. The fourth-order valence-electron chi connectivity index (χ4n) is 2.78. The van der Waals surface area contributed by atoms with Gasteiger partial charge in [0.1, 0.15) is 6.04 Å². The van der Waals surface area contributed by atoms with Crippen LogP contribution >= 0.6 is 35.0 Å². The molecule has 162 valence electrons. The van der Waals surface area contributed by atoms with E-state index in [4.69, 9.17) is 23.2 Å². The number of nitrogens with zero attached hydrogens (tertiary/aromatic N) is 1. The Kier molecular flexibility index (Phi) is 10.0. The Labute approximate surface area is 193 Å². The summed E-state index contributed by atoms with van der Waals surface area (Å²) in [6.45, 7) is 6.08. The average Bonchev–Trinajstić information content (AvgIpc) is 2.73. The molecule has 0 saturated heterocycles. The number of nitrogens with one attached hydrogen (secondary N) is 1. The Morgan fingerprint density at radius 1 is 1.07 bits per heavy atom. The molecule has 0 saturated carbocycles. The first-order valence-electron chi connectivity index (χ1n) is 9.97. The largest absolute Gasteiger partial charge is 0.352 e. The molecule has 0 aromatic heterocycles. The highest BCUT2D eigenvalue weighted by molar-refractivity contribution is 7.99. The smallest absolute Gasteiger partial charge is 0.242 e. The van der Waals surface area contributed by atoms with E-state index < -0.39 is 6.04 Å². The molecule has 0 aliphatic heterocycles. The molecule has 0 bridgehead atoms. The van der Waals surface area contributed by atoms with Crippen LogP contribution in [0.3, 0.4) is 0 Å². The summed E-state index contributed by atoms with van der Waals surface area (Å²) in [5, 5.41) is 4.30. The molecule has 2 amide bonds. The van der Waals surface area contributed by atoms with E-state index in [1.807, 2.05) is 50.2 Å². The zero-order valence-electron chi connectivity index (χ0n) is 17.5. The first-order valence-corrected chi connectivity index (χ1v) is 11.9. The Hall–Kier alpha value is -1.69. The van der Waals surface area contributed by atoms with Gasteiger partial charge in [0.2, 0.25) is 11.8 Å². The highest BCUT2D eigenvalue weighted by Crippen LogP contribution is 2.22. The van der Waals surface area contributed by atoms with E-state index in [9.17, 15) is 9.59 Å². The third kappa shape index (κ3) is 7.53. The standard InChI is InChI=1S/C23H28Cl2N2O2S/c1-4-16(2)26-23(29)17(3)27(13-18-9-11-20(24)12-10-18)22(28)15-30-14-19-7-5-6-8-21(19)25/h5-12,16-17H,4,13-15H2,1-3H3,(H,26,29)/t16-,17+/m1/s1. The number of thioether (sulfide) groups is 1. The number of carbonyl (C=O) groups excluding carboxylic acids is 2. The van der Waals surface area contributed by atoms with Crippen LogP contribution in [-0.4, -0.2) is 34.6 Å². The van der Waals surface area contributed by atoms with E-state index in [-0.39, 0.29) is 23.6 Å². The summed E-state index contributed by atoms with van der Waals surface area (Å²) in [7, 11) is 0. The molecule has 7 heteroatoms. The lowest BCUT2D eigenvalue weighted by molar-refractivity contribution is -0.138. The fraction of sp³-hybridized carbons (Fsp3) is 0.391. The van der Waals surface area contributed by atoms with Crippen LogP contribution in [0.4, 0.5) is 0 Å². The molecular weight excluding hydrogens is 439 g/mol. The second-order valence-electron chi connectivity index (χ2n) is 7.23. The van der Waals surface area contributed by atoms with Gasteiger partial charge in [-0.25, -0.2) is 0 Å². The molecule has 2 rings (SSSR count). The van der Waals surface area contributed by atoms with Crippen LogP contribution in [0.15, 0.2) is 48.5 Å². The summed E-state index contributed by atoms with van der Waals surface area (Å²) in [6, 6.07) is 14.4. The molecule has 0 fully saturated rings. The van der Waals surface area contributed by atoms with Gasteiger partial charge >= 0.3 is 0 Å². The maximum atomic E-state index is 13.1. The molecular formula is C23H28Cl2N2O2S. The Morgan fingerprint density at radius 3 is 2.37 bits per heavy atom. The van der Waals surface area contributed by atoms with Gasteiger partial charge in [0.15, 0.2) is 0 Å². The van der Waals surface area contributed by atoms with E-state index in [1.165, 1.54) is 11.8 Å². The summed E-state index contributed by atoms with van der Waals surface area (Å²) < 4.78 is 0. The minimum absolute atomic E-state index is 0.0574. The van der Waals surface area contributed by atoms with Gasteiger partial charge in [-0.2, -0.15) is 0 Å². The van der Waals surface area contributed by atoms with Crippen molar-refractivity contribution in [3.63, 3.8) is 0 Å². The molecule has 2 atom stereocenters. The van der Waals surface area contributed by atoms with Crippen LogP contribution in [0, 0.1) is 0 Å². The van der Waals surface area contributed by atoms with Crippen molar-refractivity contribution in [1.29, 1.82) is 0 Å². The van der Waals surface area contributed by atoms with E-state index in [2.05, 4.69) is 5.32 Å². The minimum atomic E-state index is -0.580. The van der Waals surface area contributed by atoms with Crippen molar-refractivity contribution in [1.82, 2.24) is 10.2 Å². The van der Waals surface area contributed by atoms with Gasteiger partial charge < -0.3 is 10.2 Å². The third-order valence-corrected chi connectivity index (χ3v) is 6.46. The second kappa shape index (κ2) is 12.2. The summed E-state index contributed by atoms with van der Waals surface area (Å²) >= 11 is 13.7. The molecule has 0 radical (unpaired) electrons. The van der Waals surface area contributed by atoms with Crippen molar-refractivity contribution in [2.75, 3.05) is 5.75 Å². The highest BCUT2D eigenvalue weighted by atomic mass is 35.5. The minimum Gasteiger partial charge on any atom is -0.352 e. The fourth-order valence-corrected chi connectivity index (χ4v) is 4.10. The molecule has 0 aliphatic rings. The second-order valence-corrected chi connectivity index (χ2v) is 9.06. The van der Waals surface area contributed by atoms with Crippen LogP contribution < -0.4 is 5.32 Å². The topological polar surface area (TPSA) is 49.4 Å². The van der Waals surface area contributed by atoms with Crippen molar-refractivity contribution in [2.45, 2.75) is 51.6 Å². The molecule has 0 aliphatic carbocycles. The van der Waals surface area contributed by atoms with E-state index in [0.29, 0.717) is 22.3 Å². The Balaban J connectivity index is 2.08. The molecule has 1 N–H and O–H groups in total. The first kappa shape index (κ1) is 24.6. The molecule has 4 nitrogen and oxygen atoms in total. The normalized spacial score (nSPS) is 12.8. The summed E-state index contributed by atoms with van der Waals surface area (Å²) in [4.78, 5) is 27.4. The SMILES string of the molecule is CC[C@@H](C)NC(=O)[C@H](C)N(Cc1ccc(Cl)cc1)C(=O)CSCc1ccccc1Cl. The first-order chi connectivity index (χ1) is 14.3. The lowest BCUT2D eigenvalue weighted by Crippen LogP contribution is -2.50. The maximum absolute atomic E-state index is 13.1. The number of hydrogen-bond donors (Lipinski definition) is 1. The summed E-state index contributed by atoms with van der Waals surface area (Å²) in [5.41, 5.74) is 1.91. The lowest BCUT2D eigenvalue weighted by atomic mass is 10.1. The molecule has 0 heterocycles. The number of halogens is 2. The molecule has 0 unspecified atom stereocenters. The zero-order valence-corrected chi connectivity index (χ0v) is 19.9. The number of rotatable bonds is 10. The van der Waals surface area contributed by atoms with Gasteiger partial charge in [-0.1, -0.05) is 60.5 Å². The van der Waals surface area contributed by atoms with Gasteiger partial charge in [-0.15, -0.1) is 11.8 Å². The number of amides is 2. The zero-order chi connectivity index (χ0) is 22.1. The van der Waals surface area contributed by atoms with Gasteiger partial charge in [0.25, 0.3) is 0 Å². The lowest BCUT2D eigenvalue weighted by Gasteiger charge is -2.29. The van der Waals surface area contributed by atoms with Crippen molar-refractivity contribution in [3.8, 4) is 0 Å². The van der Waals surface area contributed by atoms with Crippen LogP contribution in [-0.2, 0) is 21.9 Å². The molecule has 2 aromatic rings. The molecule has 2 aromatic carbocycles. The summed E-state index contributed by atoms with van der Waals surface area (Å²) in [5.74, 6) is 0.657. The number of hydrogen-bond acceptors (Lipinski definition) is 3. The summed E-state index contributed by atoms with van der Waals surface area (Å²) in [6.07, 6.45) is 0.831. The van der Waals surface area contributed by atoms with Crippen molar-refractivity contribution >= 4 is 46.8 Å². The number of carbonyl (C=O) groups is 2. The molecule has 0 spiro atoms. The quantitative estimate of drug-likeness (QED) is 0.498. The van der Waals surface area contributed by atoms with Crippen molar-refractivity contribution in [2.24, 2.45) is 0 Å². The van der Waals surface area contributed by atoms with Gasteiger partial charge in [-0.05, 0) is 49.6 Å². The van der Waals surface area contributed by atoms with Crippen LogP contribution in [0.1, 0.15) is 38.3 Å². The Bertz CT molecular complexity index is 845. The van der Waals surface area contributed by atoms with E-state index >= 15 is 0 Å². The molecule has 30 heavy (non-hydrogen) atoms. The van der Waals surface area contributed by atoms with Crippen LogP contribution in [0.25, 0.3) is 0 Å². The monoisotopic (exact) mass is 466 g/mol.